The molecule has 0 saturated carbocycles. The van der Waals surface area contributed by atoms with Gasteiger partial charge in [-0.2, -0.15) is 0 Å². The highest BCUT2D eigenvalue weighted by atomic mass is 16.1. The van der Waals surface area contributed by atoms with Crippen LogP contribution in [0.25, 0.3) is 0 Å². The summed E-state index contributed by atoms with van der Waals surface area (Å²) in [5, 5.41) is 6.31. The molecule has 0 aromatic heterocycles. The van der Waals surface area contributed by atoms with Gasteiger partial charge in [-0.15, -0.1) is 0 Å². The quantitative estimate of drug-likeness (QED) is 0.858. The summed E-state index contributed by atoms with van der Waals surface area (Å²) >= 11 is 0. The molecule has 1 unspecified atom stereocenters. The first-order valence-electron chi connectivity index (χ1n) is 7.00. The number of aryl methyl sites for hydroxylation is 1. The minimum absolute atomic E-state index is 0.0993. The second kappa shape index (κ2) is 5.33. The molecule has 2 N–H and O–H groups in total. The van der Waals surface area contributed by atoms with Gasteiger partial charge in [0, 0.05) is 12.2 Å². The Bertz CT molecular complexity index is 468. The Hall–Kier alpha value is -1.35. The third kappa shape index (κ3) is 3.35. The fraction of sp³-hybridized carbons (Fsp3) is 0.562. The second-order valence-corrected chi connectivity index (χ2v) is 6.46. The largest absolute Gasteiger partial charge is 0.326 e. The first-order valence-corrected chi connectivity index (χ1v) is 7.00. The van der Waals surface area contributed by atoms with E-state index in [2.05, 4.69) is 49.6 Å². The van der Waals surface area contributed by atoms with Crippen molar-refractivity contribution in [3.63, 3.8) is 0 Å². The average Bonchev–Trinajstić information content (AvgIpc) is 2.84. The van der Waals surface area contributed by atoms with E-state index in [1.165, 1.54) is 5.56 Å². The summed E-state index contributed by atoms with van der Waals surface area (Å²) < 4.78 is 0. The molecule has 2 rings (SSSR count). The van der Waals surface area contributed by atoms with Crippen LogP contribution < -0.4 is 10.6 Å². The lowest BCUT2D eigenvalue weighted by Crippen LogP contribution is -2.25. The van der Waals surface area contributed by atoms with Crippen LogP contribution in [0.1, 0.15) is 38.3 Å². The van der Waals surface area contributed by atoms with Crippen LogP contribution in [0.15, 0.2) is 18.2 Å². The number of carbonyl (C=O) groups excluding carboxylic acids is 1. The summed E-state index contributed by atoms with van der Waals surface area (Å²) in [6, 6.07) is 6.33. The number of hydrogen-bond acceptors (Lipinski definition) is 2. The number of amides is 1. The highest BCUT2D eigenvalue weighted by molar-refractivity contribution is 5.93. The zero-order valence-corrected chi connectivity index (χ0v) is 12.3. The molecule has 3 heteroatoms. The molecule has 0 aliphatic carbocycles. The number of hydrogen-bond donors (Lipinski definition) is 2. The molecule has 1 aliphatic heterocycles. The molecule has 3 nitrogen and oxygen atoms in total. The van der Waals surface area contributed by atoms with E-state index in [9.17, 15) is 4.79 Å². The lowest BCUT2D eigenvalue weighted by Gasteiger charge is -2.21. The lowest BCUT2D eigenvalue weighted by molar-refractivity contribution is -0.119. The van der Waals surface area contributed by atoms with Crippen LogP contribution in [-0.2, 0) is 10.2 Å². The number of benzene rings is 1. The fourth-order valence-electron chi connectivity index (χ4n) is 2.34. The first kappa shape index (κ1) is 14.1. The molecular formula is C16H24N2O. The van der Waals surface area contributed by atoms with Crippen molar-refractivity contribution in [2.75, 3.05) is 18.4 Å². The minimum atomic E-state index is 0.0993. The van der Waals surface area contributed by atoms with Crippen LogP contribution in [0, 0.1) is 12.8 Å². The Labute approximate surface area is 115 Å². The van der Waals surface area contributed by atoms with E-state index in [0.29, 0.717) is 0 Å². The Balaban J connectivity index is 2.17. The predicted octanol–water partition coefficient (Wildman–Crippen LogP) is 2.84. The van der Waals surface area contributed by atoms with Crippen molar-refractivity contribution in [1.29, 1.82) is 0 Å². The van der Waals surface area contributed by atoms with E-state index in [1.807, 2.05) is 6.92 Å². The highest BCUT2D eigenvalue weighted by Gasteiger charge is 2.23. The van der Waals surface area contributed by atoms with Gasteiger partial charge < -0.3 is 10.6 Å². The molecule has 1 atom stereocenters. The maximum Gasteiger partial charge on any atom is 0.228 e. The van der Waals surface area contributed by atoms with E-state index < -0.39 is 0 Å². The molecule has 19 heavy (non-hydrogen) atoms. The normalized spacial score (nSPS) is 19.5. The molecule has 0 radical (unpaired) electrons. The molecule has 1 heterocycles. The van der Waals surface area contributed by atoms with E-state index in [1.54, 1.807) is 0 Å². The van der Waals surface area contributed by atoms with Crippen molar-refractivity contribution in [3.05, 3.63) is 29.3 Å². The minimum Gasteiger partial charge on any atom is -0.326 e. The van der Waals surface area contributed by atoms with Crippen molar-refractivity contribution in [2.45, 2.75) is 39.5 Å². The molecule has 1 fully saturated rings. The molecule has 0 bridgehead atoms. The number of rotatable bonds is 2. The summed E-state index contributed by atoms with van der Waals surface area (Å²) in [5.41, 5.74) is 3.41. The monoisotopic (exact) mass is 260 g/mol. The molecule has 1 amide bonds. The van der Waals surface area contributed by atoms with Gasteiger partial charge in [0.25, 0.3) is 0 Å². The summed E-state index contributed by atoms with van der Waals surface area (Å²) in [6.45, 7) is 10.3. The van der Waals surface area contributed by atoms with Gasteiger partial charge in [0.05, 0.1) is 5.92 Å². The van der Waals surface area contributed by atoms with E-state index >= 15 is 0 Å². The molecular weight excluding hydrogens is 236 g/mol. The van der Waals surface area contributed by atoms with Crippen LogP contribution in [0.3, 0.4) is 0 Å². The van der Waals surface area contributed by atoms with Gasteiger partial charge in [-0.1, -0.05) is 32.9 Å². The zero-order chi connectivity index (χ0) is 14.0. The molecule has 104 valence electrons. The second-order valence-electron chi connectivity index (χ2n) is 6.46. The van der Waals surface area contributed by atoms with Gasteiger partial charge in [0.1, 0.15) is 0 Å². The Morgan fingerprint density at radius 1 is 1.37 bits per heavy atom. The van der Waals surface area contributed by atoms with E-state index in [4.69, 9.17) is 0 Å². The van der Waals surface area contributed by atoms with Gasteiger partial charge in [0.2, 0.25) is 5.91 Å². The van der Waals surface area contributed by atoms with E-state index in [0.717, 1.165) is 30.8 Å². The van der Waals surface area contributed by atoms with Crippen LogP contribution in [0.2, 0.25) is 0 Å². The topological polar surface area (TPSA) is 41.1 Å². The van der Waals surface area contributed by atoms with E-state index in [-0.39, 0.29) is 17.2 Å². The molecule has 1 aromatic carbocycles. The smallest absolute Gasteiger partial charge is 0.228 e. The summed E-state index contributed by atoms with van der Waals surface area (Å²) in [7, 11) is 0. The average molecular weight is 260 g/mol. The summed E-state index contributed by atoms with van der Waals surface area (Å²) in [6.07, 6.45) is 0.934. The fourth-order valence-corrected chi connectivity index (χ4v) is 2.34. The number of anilines is 1. The first-order chi connectivity index (χ1) is 8.88. The van der Waals surface area contributed by atoms with Gasteiger partial charge in [-0.05, 0) is 42.5 Å². The van der Waals surface area contributed by atoms with Crippen molar-refractivity contribution < 1.29 is 4.79 Å². The van der Waals surface area contributed by atoms with Crippen LogP contribution in [-0.4, -0.2) is 19.0 Å². The lowest BCUT2D eigenvalue weighted by atomic mass is 9.86. The SMILES string of the molecule is Cc1ccc(C(C)(C)C)cc1NC(=O)C1CCNC1. The van der Waals surface area contributed by atoms with Crippen LogP contribution in [0.4, 0.5) is 5.69 Å². The third-order valence-corrected chi connectivity index (χ3v) is 3.79. The third-order valence-electron chi connectivity index (χ3n) is 3.79. The van der Waals surface area contributed by atoms with Crippen molar-refractivity contribution >= 4 is 11.6 Å². The molecule has 1 aromatic rings. The molecule has 1 saturated heterocycles. The summed E-state index contributed by atoms with van der Waals surface area (Å²) in [4.78, 5) is 12.2. The van der Waals surface area contributed by atoms with Gasteiger partial charge in [-0.3, -0.25) is 4.79 Å². The van der Waals surface area contributed by atoms with Gasteiger partial charge in [-0.25, -0.2) is 0 Å². The Kier molecular flexibility index (Phi) is 3.95. The van der Waals surface area contributed by atoms with Crippen molar-refractivity contribution in [1.82, 2.24) is 5.32 Å². The Morgan fingerprint density at radius 2 is 2.11 bits per heavy atom. The molecule has 1 aliphatic rings. The number of carbonyl (C=O) groups is 1. The maximum absolute atomic E-state index is 12.2. The summed E-state index contributed by atoms with van der Waals surface area (Å²) in [5.74, 6) is 0.247. The standard InChI is InChI=1S/C16H24N2O/c1-11-5-6-13(16(2,3)4)9-14(11)18-15(19)12-7-8-17-10-12/h5-6,9,12,17H,7-8,10H2,1-4H3,(H,18,19). The Morgan fingerprint density at radius 3 is 2.68 bits per heavy atom. The van der Waals surface area contributed by atoms with Crippen molar-refractivity contribution in [3.8, 4) is 0 Å². The predicted molar refractivity (Wildman–Crippen MR) is 79.5 cm³/mol. The van der Waals surface area contributed by atoms with Gasteiger partial charge in [0.15, 0.2) is 0 Å². The van der Waals surface area contributed by atoms with Crippen LogP contribution >= 0.6 is 0 Å². The number of nitrogens with one attached hydrogen (secondary N) is 2. The highest BCUT2D eigenvalue weighted by Crippen LogP contribution is 2.27. The molecule has 0 spiro atoms. The van der Waals surface area contributed by atoms with Crippen molar-refractivity contribution in [2.24, 2.45) is 5.92 Å². The maximum atomic E-state index is 12.2. The van der Waals surface area contributed by atoms with Gasteiger partial charge >= 0.3 is 0 Å². The zero-order valence-electron chi connectivity index (χ0n) is 12.3. The van der Waals surface area contributed by atoms with Crippen LogP contribution in [0.5, 0.6) is 0 Å².